The lowest BCUT2D eigenvalue weighted by Crippen LogP contribution is -2.32. The molecule has 130 valence electrons. The van der Waals surface area contributed by atoms with Crippen LogP contribution in [0, 0.1) is 5.41 Å². The zero-order chi connectivity index (χ0) is 17.6. The molecule has 0 saturated carbocycles. The zero-order valence-corrected chi connectivity index (χ0v) is 13.4. The van der Waals surface area contributed by atoms with Crippen molar-refractivity contribution in [1.29, 1.82) is 0 Å². The molecule has 0 unspecified atom stereocenters. The van der Waals surface area contributed by atoms with Crippen molar-refractivity contribution in [3.8, 4) is 0 Å². The number of carbonyl (C=O) groups is 2. The fourth-order valence-electron chi connectivity index (χ4n) is 1.06. The lowest BCUT2D eigenvalue weighted by molar-refractivity contribution is -0.155. The Morgan fingerprint density at radius 2 is 1.64 bits per heavy atom. The largest absolute Gasteiger partial charge is 0.743 e. The molecule has 0 aromatic carbocycles. The first kappa shape index (κ1) is 20.7. The van der Waals surface area contributed by atoms with Crippen LogP contribution >= 0.6 is 0 Å². The van der Waals surface area contributed by atoms with E-state index in [-0.39, 0.29) is 19.6 Å². The molecule has 0 aromatic heterocycles. The molecule has 10 heteroatoms. The molecule has 0 aromatic rings. The smallest absolute Gasteiger partial charge is 0.344 e. The van der Waals surface area contributed by atoms with Crippen LogP contribution in [0.25, 0.3) is 0 Å². The molecular formula is C12H19F2O7S-. The number of halogens is 2. The SMILES string of the molecule is CCC(C)(C)C(=O)OCCCOC(=O)CC(F)(F)S(=O)(=O)[O-]. The van der Waals surface area contributed by atoms with Gasteiger partial charge >= 0.3 is 17.2 Å². The molecule has 0 aliphatic carbocycles. The second-order valence-corrected chi connectivity index (χ2v) is 6.72. The van der Waals surface area contributed by atoms with Crippen LogP contribution in [0.4, 0.5) is 8.78 Å². The van der Waals surface area contributed by atoms with E-state index in [1.54, 1.807) is 13.8 Å². The maximum absolute atomic E-state index is 12.8. The first-order chi connectivity index (χ1) is 9.83. The van der Waals surface area contributed by atoms with Gasteiger partial charge in [0.05, 0.1) is 18.6 Å². The predicted octanol–water partition coefficient (Wildman–Crippen LogP) is 1.43. The zero-order valence-electron chi connectivity index (χ0n) is 12.6. The van der Waals surface area contributed by atoms with Gasteiger partial charge in [-0.05, 0) is 20.3 Å². The van der Waals surface area contributed by atoms with Gasteiger partial charge in [0.2, 0.25) is 0 Å². The van der Waals surface area contributed by atoms with Crippen molar-refractivity contribution in [2.75, 3.05) is 13.2 Å². The van der Waals surface area contributed by atoms with Crippen LogP contribution in [-0.2, 0) is 29.2 Å². The number of alkyl halides is 2. The molecule has 7 nitrogen and oxygen atoms in total. The van der Waals surface area contributed by atoms with Gasteiger partial charge in [0, 0.05) is 6.42 Å². The van der Waals surface area contributed by atoms with Crippen molar-refractivity contribution in [3.63, 3.8) is 0 Å². The Kier molecular flexibility index (Phi) is 7.36. The summed E-state index contributed by atoms with van der Waals surface area (Å²) in [5.41, 5.74) is -0.652. The standard InChI is InChI=1S/C12H20F2O7S/c1-4-11(2,3)10(16)21-7-5-6-20-9(15)8-12(13,14)22(17,18)19/h4-8H2,1-3H3,(H,17,18,19)/p-1. The average Bonchev–Trinajstić information content (AvgIpc) is 2.36. The van der Waals surface area contributed by atoms with Crippen LogP contribution in [0.15, 0.2) is 0 Å². The van der Waals surface area contributed by atoms with Gasteiger partial charge in [0.15, 0.2) is 10.1 Å². The molecule has 0 radical (unpaired) electrons. The lowest BCUT2D eigenvalue weighted by Gasteiger charge is -2.20. The van der Waals surface area contributed by atoms with Gasteiger partial charge < -0.3 is 14.0 Å². The van der Waals surface area contributed by atoms with Gasteiger partial charge in [-0.3, -0.25) is 9.59 Å². The molecule has 22 heavy (non-hydrogen) atoms. The lowest BCUT2D eigenvalue weighted by atomic mass is 9.91. The molecule has 0 heterocycles. The van der Waals surface area contributed by atoms with Crippen molar-refractivity contribution in [3.05, 3.63) is 0 Å². The Morgan fingerprint density at radius 1 is 1.14 bits per heavy atom. The van der Waals surface area contributed by atoms with Crippen molar-refractivity contribution < 1.29 is 40.8 Å². The summed E-state index contributed by atoms with van der Waals surface area (Å²) < 4.78 is 65.4. The molecule has 0 N–H and O–H groups in total. The molecule has 0 spiro atoms. The van der Waals surface area contributed by atoms with Crippen molar-refractivity contribution in [2.24, 2.45) is 5.41 Å². The number of carbonyl (C=O) groups excluding carboxylic acids is 2. The fraction of sp³-hybridized carbons (Fsp3) is 0.833. The Bertz CT molecular complexity index is 500. The first-order valence-corrected chi connectivity index (χ1v) is 7.90. The van der Waals surface area contributed by atoms with E-state index in [2.05, 4.69) is 4.74 Å². The molecule has 0 amide bonds. The fourth-order valence-corrected chi connectivity index (χ4v) is 1.35. The summed E-state index contributed by atoms with van der Waals surface area (Å²) in [7, 11) is -5.92. The minimum atomic E-state index is -5.92. The summed E-state index contributed by atoms with van der Waals surface area (Å²) in [4.78, 5) is 22.6. The van der Waals surface area contributed by atoms with Crippen LogP contribution in [0.3, 0.4) is 0 Å². The monoisotopic (exact) mass is 345 g/mol. The number of esters is 2. The van der Waals surface area contributed by atoms with E-state index in [0.717, 1.165) is 0 Å². The van der Waals surface area contributed by atoms with Crippen molar-refractivity contribution in [1.82, 2.24) is 0 Å². The molecule has 0 fully saturated rings. The third-order valence-corrected chi connectivity index (χ3v) is 3.81. The minimum absolute atomic E-state index is 0.0625. The molecule has 0 saturated heterocycles. The van der Waals surface area contributed by atoms with Crippen LogP contribution in [-0.4, -0.2) is 43.4 Å². The normalized spacial score (nSPS) is 12.8. The number of hydrogen-bond acceptors (Lipinski definition) is 7. The van der Waals surface area contributed by atoms with Gasteiger partial charge in [0.1, 0.15) is 6.42 Å². The highest BCUT2D eigenvalue weighted by Gasteiger charge is 2.40. The van der Waals surface area contributed by atoms with Crippen molar-refractivity contribution >= 4 is 22.1 Å². The second-order valence-electron chi connectivity index (χ2n) is 5.22. The van der Waals surface area contributed by atoms with Gasteiger partial charge in [-0.15, -0.1) is 0 Å². The summed E-state index contributed by atoms with van der Waals surface area (Å²) in [6.45, 7) is 4.79. The topological polar surface area (TPSA) is 110 Å². The molecule has 0 atom stereocenters. The highest BCUT2D eigenvalue weighted by Crippen LogP contribution is 2.25. The summed E-state index contributed by atoms with van der Waals surface area (Å²) >= 11 is 0. The summed E-state index contributed by atoms with van der Waals surface area (Å²) in [6, 6.07) is 0. The van der Waals surface area contributed by atoms with E-state index < -0.39 is 39.1 Å². The van der Waals surface area contributed by atoms with Crippen LogP contribution in [0.1, 0.15) is 40.0 Å². The number of ether oxygens (including phenoxy) is 2. The van der Waals surface area contributed by atoms with Crippen LogP contribution in [0.2, 0.25) is 0 Å². The van der Waals surface area contributed by atoms with E-state index >= 15 is 0 Å². The van der Waals surface area contributed by atoms with E-state index in [1.807, 2.05) is 6.92 Å². The molecule has 0 rings (SSSR count). The molecule has 0 aliphatic heterocycles. The van der Waals surface area contributed by atoms with Gasteiger partial charge in [-0.1, -0.05) is 6.92 Å². The van der Waals surface area contributed by atoms with E-state index in [1.165, 1.54) is 0 Å². The summed E-state index contributed by atoms with van der Waals surface area (Å²) in [5, 5.41) is -4.71. The van der Waals surface area contributed by atoms with E-state index in [9.17, 15) is 31.3 Å². The quantitative estimate of drug-likeness (QED) is 0.353. The Balaban J connectivity index is 4.04. The van der Waals surface area contributed by atoms with Gasteiger partial charge in [-0.2, -0.15) is 8.78 Å². The van der Waals surface area contributed by atoms with Crippen molar-refractivity contribution in [2.45, 2.75) is 45.3 Å². The second kappa shape index (κ2) is 7.82. The van der Waals surface area contributed by atoms with Gasteiger partial charge in [-0.25, -0.2) is 8.42 Å². The highest BCUT2D eigenvalue weighted by molar-refractivity contribution is 7.86. The maximum atomic E-state index is 12.8. The van der Waals surface area contributed by atoms with E-state index in [4.69, 9.17) is 4.74 Å². The first-order valence-electron chi connectivity index (χ1n) is 6.49. The van der Waals surface area contributed by atoms with Crippen LogP contribution in [0.5, 0.6) is 0 Å². The van der Waals surface area contributed by atoms with Gasteiger partial charge in [0.25, 0.3) is 0 Å². The minimum Gasteiger partial charge on any atom is -0.743 e. The Hall–Kier alpha value is -1.29. The van der Waals surface area contributed by atoms with E-state index in [0.29, 0.717) is 6.42 Å². The highest BCUT2D eigenvalue weighted by atomic mass is 32.2. The molecule has 0 bridgehead atoms. The predicted molar refractivity (Wildman–Crippen MR) is 69.9 cm³/mol. The Morgan fingerprint density at radius 3 is 2.09 bits per heavy atom. The molecular weight excluding hydrogens is 326 g/mol. The average molecular weight is 345 g/mol. The molecule has 0 aliphatic rings. The summed E-state index contributed by atoms with van der Waals surface area (Å²) in [5.74, 6) is -1.96. The maximum Gasteiger partial charge on any atom is 0.344 e. The third kappa shape index (κ3) is 6.65. The van der Waals surface area contributed by atoms with Crippen LogP contribution < -0.4 is 0 Å². The number of rotatable bonds is 9. The Labute approximate surface area is 127 Å². The third-order valence-electron chi connectivity index (χ3n) is 2.94. The summed E-state index contributed by atoms with van der Waals surface area (Å²) in [6.07, 6.45) is -1.21. The number of hydrogen-bond donors (Lipinski definition) is 0.